The first-order valence-electron chi connectivity index (χ1n) is 11.0. The minimum Gasteiger partial charge on any atom is -0.339 e. The van der Waals surface area contributed by atoms with Gasteiger partial charge >= 0.3 is 0 Å². The molecule has 0 aliphatic carbocycles. The van der Waals surface area contributed by atoms with Crippen molar-refractivity contribution in [3.05, 3.63) is 71.3 Å². The number of amides is 2. The number of hydrogen-bond acceptors (Lipinski definition) is 4. The van der Waals surface area contributed by atoms with Crippen LogP contribution in [-0.4, -0.2) is 90.3 Å². The van der Waals surface area contributed by atoms with Crippen LogP contribution in [0.5, 0.6) is 0 Å². The number of benzene rings is 2. The molecule has 2 aliphatic heterocycles. The van der Waals surface area contributed by atoms with Crippen molar-refractivity contribution in [2.24, 2.45) is 0 Å². The third kappa shape index (κ3) is 5.49. The highest BCUT2D eigenvalue weighted by molar-refractivity contribution is 5.94. The number of carbonyl (C=O) groups excluding carboxylic acids is 2. The van der Waals surface area contributed by atoms with Crippen LogP contribution < -0.4 is 0 Å². The van der Waals surface area contributed by atoms with Gasteiger partial charge in [-0.25, -0.2) is 8.78 Å². The summed E-state index contributed by atoms with van der Waals surface area (Å²) in [7, 11) is 0. The van der Waals surface area contributed by atoms with Crippen LogP contribution in [0.15, 0.2) is 48.5 Å². The lowest BCUT2D eigenvalue weighted by molar-refractivity contribution is -0.134. The Balaban J connectivity index is 1.20. The summed E-state index contributed by atoms with van der Waals surface area (Å²) in [6.07, 6.45) is 0. The van der Waals surface area contributed by atoms with Gasteiger partial charge < -0.3 is 9.80 Å². The number of halogens is 2. The molecule has 0 N–H and O–H groups in total. The second-order valence-corrected chi connectivity index (χ2v) is 8.32. The highest BCUT2D eigenvalue weighted by Gasteiger charge is 2.26. The van der Waals surface area contributed by atoms with E-state index in [9.17, 15) is 18.4 Å². The molecule has 2 saturated heterocycles. The topological polar surface area (TPSA) is 47.1 Å². The van der Waals surface area contributed by atoms with E-state index in [1.54, 1.807) is 17.0 Å². The van der Waals surface area contributed by atoms with Crippen molar-refractivity contribution in [1.82, 2.24) is 19.6 Å². The molecule has 2 fully saturated rings. The van der Waals surface area contributed by atoms with E-state index in [0.717, 1.165) is 13.1 Å². The lowest BCUT2D eigenvalue weighted by Crippen LogP contribution is -2.54. The lowest BCUT2D eigenvalue weighted by Gasteiger charge is -2.38. The minimum atomic E-state index is -0.363. The van der Waals surface area contributed by atoms with Crippen LogP contribution in [0.3, 0.4) is 0 Å². The Morgan fingerprint density at radius 2 is 1.31 bits per heavy atom. The van der Waals surface area contributed by atoms with Crippen molar-refractivity contribution in [1.29, 1.82) is 0 Å². The Bertz CT molecular complexity index is 937. The van der Waals surface area contributed by atoms with Crippen molar-refractivity contribution in [3.63, 3.8) is 0 Å². The van der Waals surface area contributed by atoms with E-state index in [2.05, 4.69) is 9.80 Å². The molecule has 2 heterocycles. The summed E-state index contributed by atoms with van der Waals surface area (Å²) in [5.74, 6) is -0.572. The molecule has 0 radical (unpaired) electrons. The van der Waals surface area contributed by atoms with E-state index >= 15 is 0 Å². The summed E-state index contributed by atoms with van der Waals surface area (Å²) in [6.45, 7) is 5.95. The molecule has 6 nitrogen and oxygen atoms in total. The monoisotopic (exact) mass is 442 g/mol. The van der Waals surface area contributed by atoms with E-state index in [-0.39, 0.29) is 23.4 Å². The molecule has 0 bridgehead atoms. The summed E-state index contributed by atoms with van der Waals surface area (Å²) in [6, 6.07) is 12.4. The Kier molecular flexibility index (Phi) is 7.12. The van der Waals surface area contributed by atoms with Crippen molar-refractivity contribution in [3.8, 4) is 0 Å². The van der Waals surface area contributed by atoms with Crippen LogP contribution >= 0.6 is 0 Å². The molecule has 32 heavy (non-hydrogen) atoms. The molecule has 0 aromatic heterocycles. The van der Waals surface area contributed by atoms with Gasteiger partial charge in [-0.1, -0.05) is 18.2 Å². The Hall–Kier alpha value is -2.84. The van der Waals surface area contributed by atoms with Crippen LogP contribution in [0.1, 0.15) is 15.9 Å². The molecule has 8 heteroatoms. The maximum Gasteiger partial charge on any atom is 0.253 e. The van der Waals surface area contributed by atoms with Gasteiger partial charge in [-0.05, 0) is 30.3 Å². The van der Waals surface area contributed by atoms with E-state index in [1.165, 1.54) is 30.3 Å². The second-order valence-electron chi connectivity index (χ2n) is 8.32. The van der Waals surface area contributed by atoms with Gasteiger partial charge in [0.15, 0.2) is 0 Å². The third-order valence-corrected chi connectivity index (χ3v) is 6.19. The van der Waals surface area contributed by atoms with E-state index < -0.39 is 0 Å². The van der Waals surface area contributed by atoms with Crippen molar-refractivity contribution >= 4 is 11.8 Å². The number of hydrogen-bond donors (Lipinski definition) is 0. The molecular weight excluding hydrogens is 414 g/mol. The fraction of sp³-hybridized carbons (Fsp3) is 0.417. The van der Waals surface area contributed by atoms with Gasteiger partial charge in [0.05, 0.1) is 6.54 Å². The number of nitrogens with zero attached hydrogens (tertiary/aromatic N) is 4. The molecule has 4 rings (SSSR count). The molecule has 0 saturated carbocycles. The number of carbonyl (C=O) groups is 2. The summed E-state index contributed by atoms with van der Waals surface area (Å²) >= 11 is 0. The molecule has 2 aromatic carbocycles. The maximum absolute atomic E-state index is 13.9. The Morgan fingerprint density at radius 3 is 1.97 bits per heavy atom. The van der Waals surface area contributed by atoms with Crippen LogP contribution in [0.4, 0.5) is 8.78 Å². The smallest absolute Gasteiger partial charge is 0.253 e. The van der Waals surface area contributed by atoms with Crippen LogP contribution in [0.25, 0.3) is 0 Å². The standard InChI is InChI=1S/C24H28F2N4O2/c25-21-7-5-19(6-8-21)24(32)30-15-11-28(12-16-30)18-23(31)29-13-9-27(10-14-29)17-20-3-1-2-4-22(20)26/h1-8H,9-18H2. The van der Waals surface area contributed by atoms with Gasteiger partial charge in [0.2, 0.25) is 5.91 Å². The first-order chi connectivity index (χ1) is 15.5. The average molecular weight is 443 g/mol. The van der Waals surface area contributed by atoms with Gasteiger partial charge in [-0.2, -0.15) is 0 Å². The molecule has 0 unspecified atom stereocenters. The lowest BCUT2D eigenvalue weighted by atomic mass is 10.1. The molecule has 0 atom stereocenters. The van der Waals surface area contributed by atoms with Crippen LogP contribution in [0, 0.1) is 11.6 Å². The summed E-state index contributed by atoms with van der Waals surface area (Å²) in [4.78, 5) is 33.2. The fourth-order valence-electron chi connectivity index (χ4n) is 4.20. The van der Waals surface area contributed by atoms with Gasteiger partial charge in [-0.3, -0.25) is 19.4 Å². The fourth-order valence-corrected chi connectivity index (χ4v) is 4.20. The van der Waals surface area contributed by atoms with Gasteiger partial charge in [0, 0.05) is 70.0 Å². The molecule has 2 aromatic rings. The maximum atomic E-state index is 13.9. The predicted molar refractivity (Wildman–Crippen MR) is 117 cm³/mol. The van der Waals surface area contributed by atoms with Crippen LogP contribution in [-0.2, 0) is 11.3 Å². The highest BCUT2D eigenvalue weighted by Crippen LogP contribution is 2.13. The first-order valence-corrected chi connectivity index (χ1v) is 11.0. The van der Waals surface area contributed by atoms with Gasteiger partial charge in [0.1, 0.15) is 11.6 Å². The Labute approximate surface area is 187 Å². The van der Waals surface area contributed by atoms with Crippen LogP contribution in [0.2, 0.25) is 0 Å². The molecule has 170 valence electrons. The zero-order chi connectivity index (χ0) is 22.5. The zero-order valence-corrected chi connectivity index (χ0v) is 18.1. The average Bonchev–Trinajstić information content (AvgIpc) is 2.81. The SMILES string of the molecule is O=C(CN1CCN(C(=O)c2ccc(F)cc2)CC1)N1CCN(Cc2ccccc2F)CC1. The third-order valence-electron chi connectivity index (χ3n) is 6.19. The highest BCUT2D eigenvalue weighted by atomic mass is 19.1. The molecule has 2 amide bonds. The zero-order valence-electron chi connectivity index (χ0n) is 18.1. The van der Waals surface area contributed by atoms with E-state index in [4.69, 9.17) is 0 Å². The normalized spacial score (nSPS) is 18.1. The van der Waals surface area contributed by atoms with Crippen molar-refractivity contribution < 1.29 is 18.4 Å². The van der Waals surface area contributed by atoms with E-state index in [0.29, 0.717) is 63.5 Å². The number of rotatable bonds is 5. The quantitative estimate of drug-likeness (QED) is 0.712. The summed E-state index contributed by atoms with van der Waals surface area (Å²) in [5, 5.41) is 0. The second kappa shape index (κ2) is 10.2. The largest absolute Gasteiger partial charge is 0.339 e. The summed E-state index contributed by atoms with van der Waals surface area (Å²) < 4.78 is 26.9. The molecule has 2 aliphatic rings. The Morgan fingerprint density at radius 1 is 0.719 bits per heavy atom. The van der Waals surface area contributed by atoms with Gasteiger partial charge in [-0.15, -0.1) is 0 Å². The van der Waals surface area contributed by atoms with Gasteiger partial charge in [0.25, 0.3) is 5.91 Å². The predicted octanol–water partition coefficient (Wildman–Crippen LogP) is 2.07. The van der Waals surface area contributed by atoms with E-state index in [1.807, 2.05) is 11.0 Å². The minimum absolute atomic E-state index is 0.0915. The molecule has 0 spiro atoms. The molecular formula is C24H28F2N4O2. The van der Waals surface area contributed by atoms with Crippen molar-refractivity contribution in [2.75, 3.05) is 58.9 Å². The van der Waals surface area contributed by atoms with Crippen molar-refractivity contribution in [2.45, 2.75) is 6.54 Å². The summed E-state index contributed by atoms with van der Waals surface area (Å²) in [5.41, 5.74) is 1.16. The first kappa shape index (κ1) is 22.4. The number of piperazine rings is 2.